The number of carboxylic acids is 1. The summed E-state index contributed by atoms with van der Waals surface area (Å²) in [6.07, 6.45) is -1.17. The molecule has 3 heterocycles. The molecule has 32 heavy (non-hydrogen) atoms. The molecule has 1 aliphatic rings. The summed E-state index contributed by atoms with van der Waals surface area (Å²) >= 11 is 0. The SMILES string of the molecule is Cc1ccc(CN2CCNCCN(Cc3ccc(C)cn3)CC2)nc1.O=C(O)C(F)(F)F. The van der Waals surface area contributed by atoms with Gasteiger partial charge >= 0.3 is 12.1 Å². The maximum Gasteiger partial charge on any atom is 0.490 e. The molecule has 2 aromatic heterocycles. The van der Waals surface area contributed by atoms with Crippen molar-refractivity contribution in [1.82, 2.24) is 25.1 Å². The normalized spacial score (nSPS) is 16.3. The molecule has 0 aromatic carbocycles. The summed E-state index contributed by atoms with van der Waals surface area (Å²) < 4.78 is 31.7. The number of rotatable bonds is 4. The van der Waals surface area contributed by atoms with Gasteiger partial charge in [-0.15, -0.1) is 0 Å². The zero-order valence-electron chi connectivity index (χ0n) is 18.4. The van der Waals surface area contributed by atoms with Crippen LogP contribution >= 0.6 is 0 Å². The Balaban J connectivity index is 0.000000451. The minimum absolute atomic E-state index is 0.915. The van der Waals surface area contributed by atoms with Crippen LogP contribution in [0.3, 0.4) is 0 Å². The molecule has 2 aromatic rings. The van der Waals surface area contributed by atoms with E-state index in [0.717, 1.165) is 63.7 Å². The Labute approximate surface area is 186 Å². The second-order valence-corrected chi connectivity index (χ2v) is 7.76. The number of carbonyl (C=O) groups is 1. The van der Waals surface area contributed by atoms with Crippen LogP contribution in [-0.2, 0) is 17.9 Å². The molecule has 0 bridgehead atoms. The lowest BCUT2D eigenvalue weighted by molar-refractivity contribution is -0.192. The first-order valence-corrected chi connectivity index (χ1v) is 10.4. The fourth-order valence-electron chi connectivity index (χ4n) is 3.06. The van der Waals surface area contributed by atoms with Crippen LogP contribution in [0, 0.1) is 13.8 Å². The van der Waals surface area contributed by atoms with Crippen molar-refractivity contribution < 1.29 is 23.1 Å². The number of aliphatic carboxylic acids is 1. The van der Waals surface area contributed by atoms with Crippen LogP contribution in [0.4, 0.5) is 13.2 Å². The molecule has 0 unspecified atom stereocenters. The summed E-state index contributed by atoms with van der Waals surface area (Å²) in [5.74, 6) is -2.76. The molecule has 3 rings (SSSR count). The number of nitrogens with zero attached hydrogens (tertiary/aromatic N) is 4. The van der Waals surface area contributed by atoms with Crippen LogP contribution in [0.5, 0.6) is 0 Å². The van der Waals surface area contributed by atoms with E-state index in [1.54, 1.807) is 0 Å². The Morgan fingerprint density at radius 1 is 0.906 bits per heavy atom. The third-order valence-electron chi connectivity index (χ3n) is 4.90. The number of hydrogen-bond acceptors (Lipinski definition) is 6. The third-order valence-corrected chi connectivity index (χ3v) is 4.90. The van der Waals surface area contributed by atoms with E-state index in [4.69, 9.17) is 9.90 Å². The molecule has 0 atom stereocenters. The minimum Gasteiger partial charge on any atom is -0.475 e. The van der Waals surface area contributed by atoms with E-state index < -0.39 is 12.1 Å². The first-order valence-electron chi connectivity index (χ1n) is 10.4. The second-order valence-electron chi connectivity index (χ2n) is 7.76. The second kappa shape index (κ2) is 12.5. The van der Waals surface area contributed by atoms with E-state index in [0.29, 0.717) is 0 Å². The van der Waals surface area contributed by atoms with Gasteiger partial charge in [-0.1, -0.05) is 12.1 Å². The number of halogens is 3. The van der Waals surface area contributed by atoms with Crippen molar-refractivity contribution in [1.29, 1.82) is 0 Å². The van der Waals surface area contributed by atoms with E-state index in [-0.39, 0.29) is 0 Å². The Bertz CT molecular complexity index is 771. The number of aryl methyl sites for hydroxylation is 2. The van der Waals surface area contributed by atoms with Crippen molar-refractivity contribution in [3.05, 3.63) is 59.2 Å². The average Bonchev–Trinajstić information content (AvgIpc) is 2.84. The summed E-state index contributed by atoms with van der Waals surface area (Å²) in [5, 5.41) is 10.7. The molecule has 0 spiro atoms. The van der Waals surface area contributed by atoms with Gasteiger partial charge in [-0.2, -0.15) is 13.2 Å². The summed E-state index contributed by atoms with van der Waals surface area (Å²) in [6.45, 7) is 12.3. The molecule has 1 fully saturated rings. The van der Waals surface area contributed by atoms with E-state index in [2.05, 4.69) is 63.2 Å². The summed E-state index contributed by atoms with van der Waals surface area (Å²) in [5.41, 5.74) is 4.73. The van der Waals surface area contributed by atoms with Crippen LogP contribution in [0.2, 0.25) is 0 Å². The minimum atomic E-state index is -5.08. The fraction of sp³-hybridized carbons (Fsp3) is 0.500. The highest BCUT2D eigenvalue weighted by Gasteiger charge is 2.38. The summed E-state index contributed by atoms with van der Waals surface area (Å²) in [4.78, 5) is 23.0. The van der Waals surface area contributed by atoms with Crippen LogP contribution in [0.25, 0.3) is 0 Å². The molecule has 1 saturated heterocycles. The van der Waals surface area contributed by atoms with Gasteiger partial charge in [-0.05, 0) is 37.1 Å². The molecule has 176 valence electrons. The van der Waals surface area contributed by atoms with E-state index in [1.165, 1.54) is 11.1 Å². The number of alkyl halides is 3. The van der Waals surface area contributed by atoms with Gasteiger partial charge in [0.25, 0.3) is 0 Å². The van der Waals surface area contributed by atoms with Gasteiger partial charge in [0, 0.05) is 64.8 Å². The van der Waals surface area contributed by atoms with Crippen molar-refractivity contribution >= 4 is 5.97 Å². The molecule has 0 radical (unpaired) electrons. The molecule has 10 heteroatoms. The van der Waals surface area contributed by atoms with Gasteiger partial charge in [0.15, 0.2) is 0 Å². The number of pyridine rings is 2. The first kappa shape index (κ1) is 25.7. The van der Waals surface area contributed by atoms with Gasteiger partial charge in [0.2, 0.25) is 0 Å². The lowest BCUT2D eigenvalue weighted by Crippen LogP contribution is -2.35. The van der Waals surface area contributed by atoms with Crippen LogP contribution in [-0.4, -0.2) is 76.3 Å². The Morgan fingerprint density at radius 3 is 1.62 bits per heavy atom. The predicted octanol–water partition coefficient (Wildman–Crippen LogP) is 2.63. The monoisotopic (exact) mass is 453 g/mol. The lowest BCUT2D eigenvalue weighted by Gasteiger charge is -2.25. The number of aromatic nitrogens is 2. The lowest BCUT2D eigenvalue weighted by atomic mass is 10.2. The van der Waals surface area contributed by atoms with Gasteiger partial charge in [-0.3, -0.25) is 19.8 Å². The number of nitrogens with one attached hydrogen (secondary N) is 1. The number of carboxylic acid groups (broad SMARTS) is 1. The molecular weight excluding hydrogens is 423 g/mol. The van der Waals surface area contributed by atoms with E-state index >= 15 is 0 Å². The molecular formula is C22H30F3N5O2. The standard InChI is InChI=1S/C20H29N5.C2HF3O2/c1-17-3-5-19(22-13-17)15-24-9-7-21-8-10-25(12-11-24)16-20-6-4-18(2)14-23-20;3-2(4,5)1(6)7/h3-6,13-14,21H,7-12,15-16H2,1-2H3;(H,6,7). The van der Waals surface area contributed by atoms with E-state index in [1.807, 2.05) is 12.4 Å². The van der Waals surface area contributed by atoms with Crippen molar-refractivity contribution in [2.45, 2.75) is 33.1 Å². The van der Waals surface area contributed by atoms with Crippen molar-refractivity contribution in [3.63, 3.8) is 0 Å². The van der Waals surface area contributed by atoms with Crippen LogP contribution in [0.1, 0.15) is 22.5 Å². The maximum atomic E-state index is 10.6. The molecule has 0 saturated carbocycles. The summed E-state index contributed by atoms with van der Waals surface area (Å²) in [7, 11) is 0. The highest BCUT2D eigenvalue weighted by atomic mass is 19.4. The Kier molecular flexibility index (Phi) is 10.0. The van der Waals surface area contributed by atoms with Crippen LogP contribution in [0.15, 0.2) is 36.7 Å². The maximum absolute atomic E-state index is 10.6. The topological polar surface area (TPSA) is 81.6 Å². The Morgan fingerprint density at radius 2 is 1.31 bits per heavy atom. The zero-order chi connectivity index (χ0) is 23.6. The molecule has 7 nitrogen and oxygen atoms in total. The molecule has 2 N–H and O–H groups in total. The van der Waals surface area contributed by atoms with Gasteiger partial charge in [0.05, 0.1) is 11.4 Å². The quantitative estimate of drug-likeness (QED) is 0.737. The highest BCUT2D eigenvalue weighted by molar-refractivity contribution is 5.73. The fourth-order valence-corrected chi connectivity index (χ4v) is 3.06. The molecule has 0 amide bonds. The Hall–Kier alpha value is -2.56. The average molecular weight is 454 g/mol. The smallest absolute Gasteiger partial charge is 0.475 e. The largest absolute Gasteiger partial charge is 0.490 e. The molecule has 0 aliphatic carbocycles. The van der Waals surface area contributed by atoms with Gasteiger partial charge in [-0.25, -0.2) is 4.79 Å². The summed E-state index contributed by atoms with van der Waals surface area (Å²) in [6, 6.07) is 8.57. The van der Waals surface area contributed by atoms with E-state index in [9.17, 15) is 13.2 Å². The van der Waals surface area contributed by atoms with Crippen LogP contribution < -0.4 is 5.32 Å². The van der Waals surface area contributed by atoms with Gasteiger partial charge < -0.3 is 10.4 Å². The number of hydrogen-bond donors (Lipinski definition) is 2. The van der Waals surface area contributed by atoms with Crippen molar-refractivity contribution in [2.24, 2.45) is 0 Å². The van der Waals surface area contributed by atoms with Crippen molar-refractivity contribution in [2.75, 3.05) is 39.3 Å². The highest BCUT2D eigenvalue weighted by Crippen LogP contribution is 2.13. The molecule has 1 aliphatic heterocycles. The van der Waals surface area contributed by atoms with Gasteiger partial charge in [0.1, 0.15) is 0 Å². The third kappa shape index (κ3) is 9.71. The van der Waals surface area contributed by atoms with Crippen molar-refractivity contribution in [3.8, 4) is 0 Å². The first-order chi connectivity index (χ1) is 15.1. The predicted molar refractivity (Wildman–Crippen MR) is 115 cm³/mol. The zero-order valence-corrected chi connectivity index (χ0v) is 18.4.